The minimum atomic E-state index is -1.01. The second kappa shape index (κ2) is 4.98. The number of hydrogen-bond donors (Lipinski definition) is 1. The first kappa shape index (κ1) is 11.8. The number of ether oxygens (including phenoxy) is 1. The average molecular weight is 317 g/mol. The third kappa shape index (κ3) is 3.09. The van der Waals surface area contributed by atoms with E-state index in [0.29, 0.717) is 5.75 Å². The van der Waals surface area contributed by atoms with E-state index in [9.17, 15) is 4.79 Å². The maximum Gasteiger partial charge on any atom is 0.335 e. The second-order valence-corrected chi connectivity index (χ2v) is 4.00. The van der Waals surface area contributed by atoms with Gasteiger partial charge in [-0.25, -0.2) is 4.79 Å². The summed E-state index contributed by atoms with van der Waals surface area (Å²) in [5, 5.41) is 17.3. The molecule has 15 heavy (non-hydrogen) atoms. The number of halogens is 1. The fourth-order valence-electron chi connectivity index (χ4n) is 0.944. The van der Waals surface area contributed by atoms with Crippen molar-refractivity contribution in [3.8, 4) is 11.8 Å². The molecule has 0 aromatic heterocycles. The van der Waals surface area contributed by atoms with Gasteiger partial charge < -0.3 is 9.84 Å². The summed E-state index contributed by atoms with van der Waals surface area (Å²) in [6.07, 6.45) is -0.595. The van der Waals surface area contributed by atoms with Gasteiger partial charge in [-0.05, 0) is 47.7 Å². The summed E-state index contributed by atoms with van der Waals surface area (Å²) in [6, 6.07) is 6.47. The SMILES string of the molecule is CC(C#N)Oc1cc(C(=O)O)ccc1I. The number of nitrogens with zero attached hydrogens (tertiary/aromatic N) is 1. The van der Waals surface area contributed by atoms with Crippen LogP contribution in [0.25, 0.3) is 0 Å². The van der Waals surface area contributed by atoms with Crippen LogP contribution in [0.3, 0.4) is 0 Å². The molecular formula is C10H8INO3. The van der Waals surface area contributed by atoms with Crippen molar-refractivity contribution in [3.63, 3.8) is 0 Å². The Morgan fingerprint density at radius 3 is 2.87 bits per heavy atom. The number of rotatable bonds is 3. The van der Waals surface area contributed by atoms with Crippen LogP contribution in [-0.2, 0) is 0 Å². The Labute approximate surface area is 101 Å². The van der Waals surface area contributed by atoms with Crippen molar-refractivity contribution < 1.29 is 14.6 Å². The normalized spacial score (nSPS) is 11.5. The molecule has 0 saturated heterocycles. The van der Waals surface area contributed by atoms with E-state index in [4.69, 9.17) is 15.1 Å². The van der Waals surface area contributed by atoms with Gasteiger partial charge in [-0.2, -0.15) is 5.26 Å². The molecule has 0 radical (unpaired) electrons. The highest BCUT2D eigenvalue weighted by Crippen LogP contribution is 2.23. The monoisotopic (exact) mass is 317 g/mol. The summed E-state index contributed by atoms with van der Waals surface area (Å²) in [4.78, 5) is 10.7. The molecule has 1 N–H and O–H groups in total. The topological polar surface area (TPSA) is 70.3 Å². The summed E-state index contributed by atoms with van der Waals surface area (Å²) in [5.74, 6) is -0.592. The zero-order chi connectivity index (χ0) is 11.4. The molecule has 0 aliphatic carbocycles. The van der Waals surface area contributed by atoms with E-state index < -0.39 is 12.1 Å². The Hall–Kier alpha value is -1.29. The van der Waals surface area contributed by atoms with Gasteiger partial charge in [0.05, 0.1) is 9.13 Å². The largest absolute Gasteiger partial charge is 0.478 e. The van der Waals surface area contributed by atoms with E-state index in [1.165, 1.54) is 12.1 Å². The lowest BCUT2D eigenvalue weighted by molar-refractivity contribution is 0.0696. The molecule has 0 fully saturated rings. The van der Waals surface area contributed by atoms with E-state index in [2.05, 4.69) is 0 Å². The van der Waals surface area contributed by atoms with Gasteiger partial charge >= 0.3 is 5.97 Å². The van der Waals surface area contributed by atoms with E-state index in [1.807, 2.05) is 28.7 Å². The Balaban J connectivity index is 3.01. The van der Waals surface area contributed by atoms with Crippen molar-refractivity contribution in [1.82, 2.24) is 0 Å². The van der Waals surface area contributed by atoms with Gasteiger partial charge in [0.25, 0.3) is 0 Å². The first-order chi connectivity index (χ1) is 7.04. The van der Waals surface area contributed by atoms with Crippen molar-refractivity contribution >= 4 is 28.6 Å². The molecule has 1 rings (SSSR count). The maximum absolute atomic E-state index is 10.7. The highest BCUT2D eigenvalue weighted by atomic mass is 127. The number of carbonyl (C=O) groups is 1. The number of benzene rings is 1. The Morgan fingerprint density at radius 2 is 2.33 bits per heavy atom. The molecule has 4 nitrogen and oxygen atoms in total. The lowest BCUT2D eigenvalue weighted by atomic mass is 10.2. The Morgan fingerprint density at radius 1 is 1.67 bits per heavy atom. The number of carboxylic acids is 1. The molecule has 0 aliphatic rings. The fraction of sp³-hybridized carbons (Fsp3) is 0.200. The van der Waals surface area contributed by atoms with E-state index in [-0.39, 0.29) is 5.56 Å². The van der Waals surface area contributed by atoms with Crippen molar-refractivity contribution in [1.29, 1.82) is 5.26 Å². The molecule has 5 heteroatoms. The minimum Gasteiger partial charge on any atom is -0.478 e. The quantitative estimate of drug-likeness (QED) is 0.868. The summed E-state index contributed by atoms with van der Waals surface area (Å²) >= 11 is 2.02. The lowest BCUT2D eigenvalue weighted by Gasteiger charge is -2.09. The molecule has 1 atom stereocenters. The summed E-state index contributed by atoms with van der Waals surface area (Å²) in [5.41, 5.74) is 0.149. The standard InChI is InChI=1S/C10H8INO3/c1-6(5-12)15-9-4-7(10(13)14)2-3-8(9)11/h2-4,6H,1H3,(H,13,14). The van der Waals surface area contributed by atoms with Crippen LogP contribution >= 0.6 is 22.6 Å². The highest BCUT2D eigenvalue weighted by Gasteiger charge is 2.10. The van der Waals surface area contributed by atoms with Crippen LogP contribution in [0.4, 0.5) is 0 Å². The molecule has 1 unspecified atom stereocenters. The maximum atomic E-state index is 10.7. The van der Waals surface area contributed by atoms with Crippen molar-refractivity contribution in [2.75, 3.05) is 0 Å². The number of carboxylic acid groups (broad SMARTS) is 1. The molecule has 78 valence electrons. The molecule has 0 aliphatic heterocycles. The predicted molar refractivity (Wildman–Crippen MR) is 61.8 cm³/mol. The molecule has 0 bridgehead atoms. The zero-order valence-electron chi connectivity index (χ0n) is 7.90. The highest BCUT2D eigenvalue weighted by molar-refractivity contribution is 14.1. The van der Waals surface area contributed by atoms with Crippen LogP contribution in [0.5, 0.6) is 5.75 Å². The molecule has 1 aromatic rings. The van der Waals surface area contributed by atoms with Gasteiger partial charge in [-0.15, -0.1) is 0 Å². The van der Waals surface area contributed by atoms with Crippen molar-refractivity contribution in [2.45, 2.75) is 13.0 Å². The van der Waals surface area contributed by atoms with E-state index >= 15 is 0 Å². The first-order valence-electron chi connectivity index (χ1n) is 4.13. The number of aromatic carboxylic acids is 1. The molecular weight excluding hydrogens is 309 g/mol. The molecule has 0 amide bonds. The van der Waals surface area contributed by atoms with Crippen LogP contribution in [0.1, 0.15) is 17.3 Å². The van der Waals surface area contributed by atoms with E-state index in [0.717, 1.165) is 3.57 Å². The van der Waals surface area contributed by atoms with Gasteiger partial charge in [0, 0.05) is 0 Å². The fourth-order valence-corrected chi connectivity index (χ4v) is 1.41. The van der Waals surface area contributed by atoms with Crippen molar-refractivity contribution in [2.24, 2.45) is 0 Å². The smallest absolute Gasteiger partial charge is 0.335 e. The third-order valence-corrected chi connectivity index (χ3v) is 2.55. The lowest BCUT2D eigenvalue weighted by Crippen LogP contribution is -2.10. The molecule has 0 spiro atoms. The van der Waals surface area contributed by atoms with Crippen LogP contribution < -0.4 is 4.74 Å². The van der Waals surface area contributed by atoms with Gasteiger partial charge in [-0.1, -0.05) is 0 Å². The Kier molecular flexibility index (Phi) is 3.91. The number of nitriles is 1. The van der Waals surface area contributed by atoms with Gasteiger partial charge in [0.2, 0.25) is 0 Å². The molecule has 1 aromatic carbocycles. The van der Waals surface area contributed by atoms with Crippen LogP contribution in [0.2, 0.25) is 0 Å². The van der Waals surface area contributed by atoms with Gasteiger partial charge in [0.1, 0.15) is 11.8 Å². The van der Waals surface area contributed by atoms with Crippen LogP contribution in [-0.4, -0.2) is 17.2 Å². The minimum absolute atomic E-state index is 0.149. The summed E-state index contributed by atoms with van der Waals surface area (Å²) in [6.45, 7) is 1.60. The molecule has 0 saturated carbocycles. The number of hydrogen-bond acceptors (Lipinski definition) is 3. The second-order valence-electron chi connectivity index (χ2n) is 2.84. The van der Waals surface area contributed by atoms with Gasteiger partial charge in [-0.3, -0.25) is 0 Å². The average Bonchev–Trinajstić information content (AvgIpc) is 2.20. The third-order valence-electron chi connectivity index (χ3n) is 1.66. The summed E-state index contributed by atoms with van der Waals surface area (Å²) in [7, 11) is 0. The van der Waals surface area contributed by atoms with E-state index in [1.54, 1.807) is 13.0 Å². The van der Waals surface area contributed by atoms with Crippen LogP contribution in [0, 0.1) is 14.9 Å². The van der Waals surface area contributed by atoms with Gasteiger partial charge in [0.15, 0.2) is 6.10 Å². The van der Waals surface area contributed by atoms with Crippen molar-refractivity contribution in [3.05, 3.63) is 27.3 Å². The zero-order valence-corrected chi connectivity index (χ0v) is 10.1. The molecule has 0 heterocycles. The van der Waals surface area contributed by atoms with Crippen LogP contribution in [0.15, 0.2) is 18.2 Å². The summed E-state index contributed by atoms with van der Waals surface area (Å²) < 4.78 is 6.03. The Bertz CT molecular complexity index is 425. The predicted octanol–water partition coefficient (Wildman–Crippen LogP) is 2.28. The first-order valence-corrected chi connectivity index (χ1v) is 5.21.